The molecule has 0 saturated carbocycles. The van der Waals surface area contributed by atoms with Crippen LogP contribution in [0, 0.1) is 11.3 Å². The van der Waals surface area contributed by atoms with Gasteiger partial charge in [-0.05, 0) is 82.9 Å². The molecule has 0 spiro atoms. The SMILES string of the molecule is N#Cc1ccccc1-c1cc(-c2ccc(-n3c4ccccc4c4ccccc43)cc2)cc(-n2c3ccccc3c3ccccc32)c1. The van der Waals surface area contributed by atoms with Crippen molar-refractivity contribution in [2.24, 2.45) is 0 Å². The van der Waals surface area contributed by atoms with Gasteiger partial charge >= 0.3 is 0 Å². The molecule has 0 fully saturated rings. The van der Waals surface area contributed by atoms with Gasteiger partial charge < -0.3 is 9.13 Å². The van der Waals surface area contributed by atoms with Crippen LogP contribution in [0.1, 0.15) is 5.56 Å². The van der Waals surface area contributed by atoms with E-state index in [4.69, 9.17) is 0 Å². The Kier molecular flexibility index (Phi) is 5.88. The van der Waals surface area contributed by atoms with E-state index in [-0.39, 0.29) is 0 Å². The highest BCUT2D eigenvalue weighted by Crippen LogP contribution is 2.37. The highest BCUT2D eigenvalue weighted by atomic mass is 15.0. The van der Waals surface area contributed by atoms with Crippen molar-refractivity contribution in [3.05, 3.63) is 169 Å². The fraction of sp³-hybridized carbons (Fsp3) is 0. The van der Waals surface area contributed by atoms with Crippen molar-refractivity contribution in [1.82, 2.24) is 9.13 Å². The molecule has 0 aliphatic carbocycles. The van der Waals surface area contributed by atoms with Gasteiger partial charge in [0.25, 0.3) is 0 Å². The number of nitriles is 1. The van der Waals surface area contributed by atoms with Crippen molar-refractivity contribution in [1.29, 1.82) is 5.26 Å². The molecule has 46 heavy (non-hydrogen) atoms. The van der Waals surface area contributed by atoms with Crippen LogP contribution in [0.4, 0.5) is 0 Å². The van der Waals surface area contributed by atoms with E-state index in [0.29, 0.717) is 5.56 Å². The molecule has 0 radical (unpaired) electrons. The number of aromatic nitrogens is 2. The Balaban J connectivity index is 1.26. The Morgan fingerprint density at radius 3 is 1.33 bits per heavy atom. The molecule has 2 aromatic heterocycles. The van der Waals surface area contributed by atoms with Crippen LogP contribution >= 0.6 is 0 Å². The average Bonchev–Trinajstić information content (AvgIpc) is 3.65. The molecule has 3 heteroatoms. The summed E-state index contributed by atoms with van der Waals surface area (Å²) in [5.74, 6) is 0. The molecule has 0 aliphatic rings. The van der Waals surface area contributed by atoms with Gasteiger partial charge in [-0.3, -0.25) is 0 Å². The molecular weight excluding hydrogens is 558 g/mol. The number of fused-ring (bicyclic) bond motifs is 6. The summed E-state index contributed by atoms with van der Waals surface area (Å²) in [6, 6.07) is 60.2. The molecule has 9 rings (SSSR count). The zero-order chi connectivity index (χ0) is 30.6. The van der Waals surface area contributed by atoms with Crippen LogP contribution in [-0.4, -0.2) is 9.13 Å². The van der Waals surface area contributed by atoms with E-state index in [1.54, 1.807) is 0 Å². The molecule has 0 saturated heterocycles. The van der Waals surface area contributed by atoms with Crippen LogP contribution in [0.15, 0.2) is 164 Å². The summed E-state index contributed by atoms with van der Waals surface area (Å²) in [5, 5.41) is 15.0. The Hall–Kier alpha value is -6.37. The molecule has 2 heterocycles. The summed E-state index contributed by atoms with van der Waals surface area (Å²) in [7, 11) is 0. The lowest BCUT2D eigenvalue weighted by atomic mass is 9.95. The normalized spacial score (nSPS) is 11.5. The zero-order valence-corrected chi connectivity index (χ0v) is 24.9. The van der Waals surface area contributed by atoms with Gasteiger partial charge in [-0.1, -0.05) is 103 Å². The highest BCUT2D eigenvalue weighted by Gasteiger charge is 2.16. The van der Waals surface area contributed by atoms with Crippen LogP contribution in [0.3, 0.4) is 0 Å². The van der Waals surface area contributed by atoms with Crippen molar-refractivity contribution in [2.75, 3.05) is 0 Å². The van der Waals surface area contributed by atoms with Crippen LogP contribution in [0.2, 0.25) is 0 Å². The van der Waals surface area contributed by atoms with Crippen molar-refractivity contribution >= 4 is 43.6 Å². The van der Waals surface area contributed by atoms with E-state index in [1.807, 2.05) is 24.3 Å². The lowest BCUT2D eigenvalue weighted by Crippen LogP contribution is -1.97. The standard InChI is InChI=1S/C43H27N3/c44-28-30-11-1-2-12-35(30)32-25-31(26-34(27-32)46-42-19-9-5-15-38(42)39-16-6-10-20-43(39)46)29-21-23-33(24-22-29)45-40-17-7-3-13-36(40)37-14-4-8-18-41(37)45/h1-27H. The summed E-state index contributed by atoms with van der Waals surface area (Å²) in [5.41, 5.74) is 11.7. The summed E-state index contributed by atoms with van der Waals surface area (Å²) in [6.07, 6.45) is 0. The Labute approximate surface area is 266 Å². The second kappa shape index (κ2) is 10.4. The number of para-hydroxylation sites is 4. The minimum absolute atomic E-state index is 0.662. The molecule has 3 nitrogen and oxygen atoms in total. The summed E-state index contributed by atoms with van der Waals surface area (Å²) >= 11 is 0. The maximum Gasteiger partial charge on any atom is 0.0998 e. The van der Waals surface area contributed by atoms with Crippen molar-refractivity contribution < 1.29 is 0 Å². The Bertz CT molecular complexity index is 2540. The first-order chi connectivity index (χ1) is 22.8. The van der Waals surface area contributed by atoms with E-state index in [0.717, 1.165) is 44.7 Å². The maximum absolute atomic E-state index is 10.0. The fourth-order valence-corrected chi connectivity index (χ4v) is 7.10. The minimum atomic E-state index is 0.662. The van der Waals surface area contributed by atoms with Gasteiger partial charge in [0.2, 0.25) is 0 Å². The van der Waals surface area contributed by atoms with Crippen LogP contribution < -0.4 is 0 Å². The van der Waals surface area contributed by atoms with Crippen molar-refractivity contribution in [3.8, 4) is 39.7 Å². The second-order valence-electron chi connectivity index (χ2n) is 11.7. The molecule has 214 valence electrons. The first-order valence-electron chi connectivity index (χ1n) is 15.5. The fourth-order valence-electron chi connectivity index (χ4n) is 7.10. The third-order valence-corrected chi connectivity index (χ3v) is 9.15. The van der Waals surface area contributed by atoms with Crippen molar-refractivity contribution in [2.45, 2.75) is 0 Å². The Morgan fingerprint density at radius 1 is 0.370 bits per heavy atom. The number of hydrogen-bond acceptors (Lipinski definition) is 1. The van der Waals surface area contributed by atoms with E-state index >= 15 is 0 Å². The average molecular weight is 586 g/mol. The largest absolute Gasteiger partial charge is 0.309 e. The molecule has 0 atom stereocenters. The molecular formula is C43H27N3. The summed E-state index contributed by atoms with van der Waals surface area (Å²) in [6.45, 7) is 0. The van der Waals surface area contributed by atoms with E-state index in [1.165, 1.54) is 32.6 Å². The lowest BCUT2D eigenvalue weighted by Gasteiger charge is -2.15. The van der Waals surface area contributed by atoms with E-state index in [2.05, 4.69) is 155 Å². The number of benzene rings is 7. The molecule has 7 aromatic carbocycles. The first-order valence-corrected chi connectivity index (χ1v) is 15.5. The van der Waals surface area contributed by atoms with E-state index < -0.39 is 0 Å². The lowest BCUT2D eigenvalue weighted by molar-refractivity contribution is 1.18. The van der Waals surface area contributed by atoms with Gasteiger partial charge in [0.15, 0.2) is 0 Å². The summed E-state index contributed by atoms with van der Waals surface area (Å²) < 4.78 is 4.69. The van der Waals surface area contributed by atoms with Gasteiger partial charge in [0.05, 0.1) is 33.7 Å². The molecule has 0 amide bonds. The molecule has 0 bridgehead atoms. The topological polar surface area (TPSA) is 33.6 Å². The maximum atomic E-state index is 10.0. The first kappa shape index (κ1) is 26.1. The van der Waals surface area contributed by atoms with Gasteiger partial charge in [-0.25, -0.2) is 0 Å². The summed E-state index contributed by atoms with van der Waals surface area (Å²) in [4.78, 5) is 0. The van der Waals surface area contributed by atoms with Gasteiger partial charge in [-0.15, -0.1) is 0 Å². The number of rotatable bonds is 4. The molecule has 0 N–H and O–H groups in total. The predicted octanol–water partition coefficient (Wildman–Crippen LogP) is 11.1. The van der Waals surface area contributed by atoms with Crippen molar-refractivity contribution in [3.63, 3.8) is 0 Å². The third kappa shape index (κ3) is 3.98. The smallest absolute Gasteiger partial charge is 0.0998 e. The Morgan fingerprint density at radius 2 is 0.804 bits per heavy atom. The monoisotopic (exact) mass is 585 g/mol. The molecule has 9 aromatic rings. The van der Waals surface area contributed by atoms with Crippen LogP contribution in [0.5, 0.6) is 0 Å². The predicted molar refractivity (Wildman–Crippen MR) is 191 cm³/mol. The third-order valence-electron chi connectivity index (χ3n) is 9.15. The van der Waals surface area contributed by atoms with Crippen LogP contribution in [0.25, 0.3) is 77.2 Å². The zero-order valence-electron chi connectivity index (χ0n) is 24.9. The molecule has 0 unspecified atom stereocenters. The van der Waals surface area contributed by atoms with Gasteiger partial charge in [-0.2, -0.15) is 5.26 Å². The minimum Gasteiger partial charge on any atom is -0.309 e. The second-order valence-corrected chi connectivity index (χ2v) is 11.7. The van der Waals surface area contributed by atoms with Gasteiger partial charge in [0.1, 0.15) is 0 Å². The molecule has 0 aliphatic heterocycles. The number of hydrogen-bond donors (Lipinski definition) is 0. The van der Waals surface area contributed by atoms with E-state index in [9.17, 15) is 5.26 Å². The highest BCUT2D eigenvalue weighted by molar-refractivity contribution is 6.10. The number of nitrogens with zero attached hydrogens (tertiary/aromatic N) is 3. The van der Waals surface area contributed by atoms with Gasteiger partial charge in [0, 0.05) is 32.9 Å². The van der Waals surface area contributed by atoms with Crippen LogP contribution in [-0.2, 0) is 0 Å². The quantitative estimate of drug-likeness (QED) is 0.202.